The molecule has 0 spiro atoms. The topological polar surface area (TPSA) is 98.4 Å². The van der Waals surface area contributed by atoms with E-state index in [0.717, 1.165) is 5.56 Å². The summed E-state index contributed by atoms with van der Waals surface area (Å²) in [5, 5.41) is 8.78. The molecule has 1 amide bonds. The summed E-state index contributed by atoms with van der Waals surface area (Å²) >= 11 is 0. The number of fused-ring (bicyclic) bond motifs is 1. The molecular weight excluding hydrogens is 276 g/mol. The number of hydrogen-bond acceptors (Lipinski definition) is 6. The Balaban J connectivity index is 1.64. The van der Waals surface area contributed by atoms with E-state index in [4.69, 9.17) is 14.2 Å². The molecule has 0 radical (unpaired) electrons. The van der Waals surface area contributed by atoms with Crippen LogP contribution in [0, 0.1) is 0 Å². The summed E-state index contributed by atoms with van der Waals surface area (Å²) in [6, 6.07) is 5.57. The van der Waals surface area contributed by atoms with Crippen molar-refractivity contribution in [3.05, 3.63) is 29.8 Å². The molecule has 3 rings (SSSR count). The molecule has 0 unspecified atom stereocenters. The number of aromatic nitrogens is 3. The first kappa shape index (κ1) is 13.0. The highest BCUT2D eigenvalue weighted by atomic mass is 16.7. The van der Waals surface area contributed by atoms with Crippen LogP contribution in [-0.2, 0) is 4.79 Å². The first-order valence-electron chi connectivity index (χ1n) is 6.10. The Bertz CT molecular complexity index is 695. The SMILES string of the molecule is COc1n[nH]c(NC(=O)/C=C/c2ccc3c(c2)OCO3)n1. The van der Waals surface area contributed by atoms with Gasteiger partial charge in [0.25, 0.3) is 5.91 Å². The van der Waals surface area contributed by atoms with Crippen LogP contribution in [0.15, 0.2) is 24.3 Å². The highest BCUT2D eigenvalue weighted by Crippen LogP contribution is 2.32. The van der Waals surface area contributed by atoms with Gasteiger partial charge in [0, 0.05) is 6.08 Å². The third kappa shape index (κ3) is 2.94. The van der Waals surface area contributed by atoms with Gasteiger partial charge in [-0.05, 0) is 23.8 Å². The number of methoxy groups -OCH3 is 1. The van der Waals surface area contributed by atoms with E-state index in [2.05, 4.69) is 20.5 Å². The molecule has 2 N–H and O–H groups in total. The van der Waals surface area contributed by atoms with Gasteiger partial charge in [0.15, 0.2) is 11.5 Å². The van der Waals surface area contributed by atoms with Gasteiger partial charge in [0.05, 0.1) is 7.11 Å². The minimum Gasteiger partial charge on any atom is -0.466 e. The van der Waals surface area contributed by atoms with Crippen molar-refractivity contribution in [1.82, 2.24) is 15.2 Å². The molecule has 0 fully saturated rings. The average molecular weight is 288 g/mol. The van der Waals surface area contributed by atoms with Crippen LogP contribution in [0.2, 0.25) is 0 Å². The third-order valence-electron chi connectivity index (χ3n) is 2.71. The molecule has 1 aromatic heterocycles. The van der Waals surface area contributed by atoms with Gasteiger partial charge in [-0.25, -0.2) is 5.10 Å². The van der Waals surface area contributed by atoms with Crippen molar-refractivity contribution >= 4 is 17.9 Å². The predicted octanol–water partition coefficient (Wildman–Crippen LogP) is 1.19. The molecule has 8 nitrogen and oxygen atoms in total. The van der Waals surface area contributed by atoms with Gasteiger partial charge >= 0.3 is 6.01 Å². The smallest absolute Gasteiger partial charge is 0.336 e. The van der Waals surface area contributed by atoms with Gasteiger partial charge in [-0.2, -0.15) is 4.98 Å². The number of rotatable bonds is 4. The molecule has 1 aliphatic rings. The zero-order valence-electron chi connectivity index (χ0n) is 11.1. The first-order chi connectivity index (χ1) is 10.2. The number of ether oxygens (including phenoxy) is 3. The molecule has 2 aromatic rings. The maximum Gasteiger partial charge on any atom is 0.336 e. The number of anilines is 1. The van der Waals surface area contributed by atoms with E-state index >= 15 is 0 Å². The van der Waals surface area contributed by atoms with Crippen molar-refractivity contribution in [2.75, 3.05) is 19.2 Å². The van der Waals surface area contributed by atoms with Gasteiger partial charge in [0.1, 0.15) is 0 Å². The maximum atomic E-state index is 11.7. The van der Waals surface area contributed by atoms with Crippen LogP contribution >= 0.6 is 0 Å². The van der Waals surface area contributed by atoms with Crippen molar-refractivity contribution in [2.24, 2.45) is 0 Å². The summed E-state index contributed by atoms with van der Waals surface area (Å²) in [6.45, 7) is 0.219. The number of hydrogen-bond donors (Lipinski definition) is 2. The van der Waals surface area contributed by atoms with E-state index in [-0.39, 0.29) is 24.7 Å². The lowest BCUT2D eigenvalue weighted by atomic mass is 10.2. The number of carbonyl (C=O) groups is 1. The minimum absolute atomic E-state index is 0.157. The van der Waals surface area contributed by atoms with Gasteiger partial charge in [-0.1, -0.05) is 6.07 Å². The fourth-order valence-corrected chi connectivity index (χ4v) is 1.74. The van der Waals surface area contributed by atoms with Gasteiger partial charge in [0.2, 0.25) is 12.7 Å². The third-order valence-corrected chi connectivity index (χ3v) is 2.71. The van der Waals surface area contributed by atoms with E-state index in [9.17, 15) is 4.79 Å². The fourth-order valence-electron chi connectivity index (χ4n) is 1.74. The summed E-state index contributed by atoms with van der Waals surface area (Å²) in [5.41, 5.74) is 0.824. The summed E-state index contributed by atoms with van der Waals surface area (Å²) < 4.78 is 15.3. The van der Waals surface area contributed by atoms with Crippen LogP contribution in [0.25, 0.3) is 6.08 Å². The molecule has 1 aromatic carbocycles. The molecule has 108 valence electrons. The van der Waals surface area contributed by atoms with E-state index < -0.39 is 0 Å². The Labute approximate surface area is 119 Å². The standard InChI is InChI=1S/C13H12N4O4/c1-19-13-15-12(16-17-13)14-11(18)5-3-8-2-4-9-10(6-8)21-7-20-9/h2-6H,7H2,1H3,(H2,14,15,16,17,18)/b5-3+. The average Bonchev–Trinajstić information content (AvgIpc) is 3.13. The highest BCUT2D eigenvalue weighted by molar-refractivity contribution is 6.00. The lowest BCUT2D eigenvalue weighted by Gasteiger charge is -1.98. The van der Waals surface area contributed by atoms with E-state index in [0.29, 0.717) is 11.5 Å². The second-order valence-electron chi connectivity index (χ2n) is 4.11. The van der Waals surface area contributed by atoms with Gasteiger partial charge < -0.3 is 14.2 Å². The Morgan fingerprint density at radius 1 is 1.43 bits per heavy atom. The van der Waals surface area contributed by atoms with E-state index in [1.165, 1.54) is 13.2 Å². The summed E-state index contributed by atoms with van der Waals surface area (Å²) in [5.74, 6) is 1.24. The van der Waals surface area contributed by atoms with Crippen LogP contribution in [0.1, 0.15) is 5.56 Å². The number of amides is 1. The Hall–Kier alpha value is -3.03. The number of H-pyrrole nitrogens is 1. The van der Waals surface area contributed by atoms with Crippen molar-refractivity contribution in [1.29, 1.82) is 0 Å². The van der Waals surface area contributed by atoms with Crippen molar-refractivity contribution < 1.29 is 19.0 Å². The number of benzene rings is 1. The second kappa shape index (κ2) is 5.53. The van der Waals surface area contributed by atoms with Crippen molar-refractivity contribution in [2.45, 2.75) is 0 Å². The van der Waals surface area contributed by atoms with Crippen LogP contribution in [-0.4, -0.2) is 35.0 Å². The Kier molecular flexibility index (Phi) is 3.42. The van der Waals surface area contributed by atoms with Gasteiger partial charge in [-0.15, -0.1) is 5.10 Å². The molecule has 0 bridgehead atoms. The second-order valence-corrected chi connectivity index (χ2v) is 4.11. The van der Waals surface area contributed by atoms with Crippen LogP contribution < -0.4 is 19.5 Å². The molecule has 0 saturated carbocycles. The van der Waals surface area contributed by atoms with Crippen LogP contribution in [0.3, 0.4) is 0 Å². The molecule has 8 heteroatoms. The quantitative estimate of drug-likeness (QED) is 0.820. The zero-order valence-corrected chi connectivity index (χ0v) is 11.1. The summed E-state index contributed by atoms with van der Waals surface area (Å²) in [6.07, 6.45) is 3.04. The summed E-state index contributed by atoms with van der Waals surface area (Å²) in [4.78, 5) is 15.6. The normalized spacial score (nSPS) is 12.6. The molecular formula is C13H12N4O4. The van der Waals surface area contributed by atoms with E-state index in [1.54, 1.807) is 18.2 Å². The van der Waals surface area contributed by atoms with Crippen molar-refractivity contribution in [3.63, 3.8) is 0 Å². The predicted molar refractivity (Wildman–Crippen MR) is 73.2 cm³/mol. The van der Waals surface area contributed by atoms with Crippen molar-refractivity contribution in [3.8, 4) is 17.5 Å². The van der Waals surface area contributed by atoms with Gasteiger partial charge in [-0.3, -0.25) is 10.1 Å². The fraction of sp³-hybridized carbons (Fsp3) is 0.154. The zero-order chi connectivity index (χ0) is 14.7. The number of nitrogens with one attached hydrogen (secondary N) is 2. The molecule has 21 heavy (non-hydrogen) atoms. The Morgan fingerprint density at radius 2 is 2.29 bits per heavy atom. The summed E-state index contributed by atoms with van der Waals surface area (Å²) in [7, 11) is 1.44. The monoisotopic (exact) mass is 288 g/mol. The number of aromatic amines is 1. The molecule has 0 aliphatic carbocycles. The van der Waals surface area contributed by atoms with E-state index in [1.807, 2.05) is 6.07 Å². The van der Waals surface area contributed by atoms with Crippen LogP contribution in [0.5, 0.6) is 17.5 Å². The Morgan fingerprint density at radius 3 is 3.10 bits per heavy atom. The number of carbonyl (C=O) groups excluding carboxylic acids is 1. The highest BCUT2D eigenvalue weighted by Gasteiger charge is 2.12. The maximum absolute atomic E-state index is 11.7. The lowest BCUT2D eigenvalue weighted by molar-refractivity contribution is -0.111. The molecule has 0 saturated heterocycles. The largest absolute Gasteiger partial charge is 0.466 e. The van der Waals surface area contributed by atoms with Crippen LogP contribution in [0.4, 0.5) is 5.95 Å². The molecule has 1 aliphatic heterocycles. The molecule has 2 heterocycles. The minimum atomic E-state index is -0.341. The first-order valence-corrected chi connectivity index (χ1v) is 6.10. The number of nitrogens with zero attached hydrogens (tertiary/aromatic N) is 2. The lowest BCUT2D eigenvalue weighted by Crippen LogP contribution is -2.09. The molecule has 0 atom stereocenters.